The minimum Gasteiger partial charge on any atom is -0.356 e. The molecule has 0 heterocycles. The van der Waals surface area contributed by atoms with Crippen LogP contribution in [0.2, 0.25) is 0 Å². The molecular weight excluding hydrogens is 176 g/mol. The number of rotatable bonds is 4. The average molecular weight is 192 g/mol. The molecule has 0 spiro atoms. The van der Waals surface area contributed by atoms with E-state index in [0.29, 0.717) is 13.1 Å². The molecule has 0 aromatic heterocycles. The van der Waals surface area contributed by atoms with Crippen LogP contribution in [-0.4, -0.2) is 19.0 Å². The van der Waals surface area contributed by atoms with E-state index in [1.807, 2.05) is 30.3 Å². The summed E-state index contributed by atoms with van der Waals surface area (Å²) < 4.78 is 0. The van der Waals surface area contributed by atoms with Crippen LogP contribution >= 0.6 is 0 Å². The van der Waals surface area contributed by atoms with Gasteiger partial charge in [-0.25, -0.2) is 0 Å². The number of amides is 1. The minimum atomic E-state index is -0.0145. The maximum absolute atomic E-state index is 10.7. The van der Waals surface area contributed by atoms with Crippen molar-refractivity contribution in [3.05, 3.63) is 35.9 Å². The number of hydrogen-bond acceptors (Lipinski definition) is 2. The predicted molar refractivity (Wildman–Crippen MR) is 56.9 cm³/mol. The van der Waals surface area contributed by atoms with Gasteiger partial charge in [0, 0.05) is 25.9 Å². The Bertz CT molecular complexity index is 285. The maximum atomic E-state index is 10.7. The second-order valence-electron chi connectivity index (χ2n) is 3.28. The second-order valence-corrected chi connectivity index (χ2v) is 3.28. The molecule has 76 valence electrons. The van der Waals surface area contributed by atoms with Crippen LogP contribution in [0.5, 0.6) is 0 Å². The topological polar surface area (TPSA) is 55.1 Å². The van der Waals surface area contributed by atoms with E-state index in [0.717, 1.165) is 0 Å². The fraction of sp³-hybridized carbons (Fsp3) is 0.364. The van der Waals surface area contributed by atoms with Crippen LogP contribution in [0.1, 0.15) is 18.4 Å². The van der Waals surface area contributed by atoms with Crippen molar-refractivity contribution in [3.63, 3.8) is 0 Å². The van der Waals surface area contributed by atoms with E-state index >= 15 is 0 Å². The molecule has 1 atom stereocenters. The van der Waals surface area contributed by atoms with E-state index in [4.69, 9.17) is 5.73 Å². The van der Waals surface area contributed by atoms with Crippen LogP contribution < -0.4 is 11.1 Å². The van der Waals surface area contributed by atoms with E-state index < -0.39 is 0 Å². The summed E-state index contributed by atoms with van der Waals surface area (Å²) in [5, 5.41) is 2.78. The Morgan fingerprint density at radius 1 is 1.43 bits per heavy atom. The number of carbonyl (C=O) groups excluding carboxylic acids is 1. The zero-order chi connectivity index (χ0) is 10.4. The second kappa shape index (κ2) is 5.40. The maximum Gasteiger partial charge on any atom is 0.216 e. The average Bonchev–Trinajstić information content (AvgIpc) is 2.20. The Hall–Kier alpha value is -1.35. The lowest BCUT2D eigenvalue weighted by Gasteiger charge is -2.15. The molecule has 3 N–H and O–H groups in total. The summed E-state index contributed by atoms with van der Waals surface area (Å²) in [4.78, 5) is 10.7. The fourth-order valence-corrected chi connectivity index (χ4v) is 1.33. The third-order valence-corrected chi connectivity index (χ3v) is 2.15. The third kappa shape index (κ3) is 3.18. The Morgan fingerprint density at radius 2 is 2.07 bits per heavy atom. The van der Waals surface area contributed by atoms with Gasteiger partial charge in [-0.2, -0.15) is 0 Å². The van der Waals surface area contributed by atoms with Gasteiger partial charge in [0.25, 0.3) is 0 Å². The first kappa shape index (κ1) is 10.7. The molecule has 3 heteroatoms. The summed E-state index contributed by atoms with van der Waals surface area (Å²) in [7, 11) is 0. The van der Waals surface area contributed by atoms with Gasteiger partial charge in [0.05, 0.1) is 0 Å². The van der Waals surface area contributed by atoms with Crippen LogP contribution in [0, 0.1) is 0 Å². The summed E-state index contributed by atoms with van der Waals surface area (Å²) >= 11 is 0. The zero-order valence-corrected chi connectivity index (χ0v) is 8.36. The summed E-state index contributed by atoms with van der Waals surface area (Å²) in [5.74, 6) is 0.194. The summed E-state index contributed by atoms with van der Waals surface area (Å²) in [6.45, 7) is 2.67. The van der Waals surface area contributed by atoms with Gasteiger partial charge in [-0.05, 0) is 5.56 Å². The monoisotopic (exact) mass is 192 g/mol. The molecule has 3 nitrogen and oxygen atoms in total. The molecule has 14 heavy (non-hydrogen) atoms. The highest BCUT2D eigenvalue weighted by Gasteiger charge is 2.08. The van der Waals surface area contributed by atoms with Crippen molar-refractivity contribution >= 4 is 5.91 Å². The van der Waals surface area contributed by atoms with Gasteiger partial charge in [-0.15, -0.1) is 0 Å². The standard InChI is InChI=1S/C11H16N2O/c1-9(14)13-8-11(7-12)10-5-3-2-4-6-10/h2-6,11H,7-8,12H2,1H3,(H,13,14)/t11-/m1/s1. The van der Waals surface area contributed by atoms with Gasteiger partial charge in [-0.1, -0.05) is 30.3 Å². The number of hydrogen-bond donors (Lipinski definition) is 2. The molecule has 0 saturated carbocycles. The quantitative estimate of drug-likeness (QED) is 0.743. The molecular formula is C11H16N2O. The SMILES string of the molecule is CC(=O)NC[C@@H](CN)c1ccccc1. The summed E-state index contributed by atoms with van der Waals surface area (Å²) in [6, 6.07) is 9.98. The molecule has 1 aromatic carbocycles. The van der Waals surface area contributed by atoms with Gasteiger partial charge < -0.3 is 11.1 Å². The Balaban J connectivity index is 2.58. The van der Waals surface area contributed by atoms with Crippen LogP contribution in [-0.2, 0) is 4.79 Å². The molecule has 0 fully saturated rings. The molecule has 1 rings (SSSR count). The number of carbonyl (C=O) groups is 1. The van der Waals surface area contributed by atoms with E-state index in [-0.39, 0.29) is 11.8 Å². The van der Waals surface area contributed by atoms with E-state index in [9.17, 15) is 4.79 Å². The third-order valence-electron chi connectivity index (χ3n) is 2.15. The summed E-state index contributed by atoms with van der Waals surface area (Å²) in [6.07, 6.45) is 0. The van der Waals surface area contributed by atoms with Crippen molar-refractivity contribution in [2.24, 2.45) is 5.73 Å². The number of nitrogens with one attached hydrogen (secondary N) is 1. The molecule has 0 saturated heterocycles. The predicted octanol–water partition coefficient (Wildman–Crippen LogP) is 0.865. The Kier molecular flexibility index (Phi) is 4.13. The van der Waals surface area contributed by atoms with E-state index in [1.165, 1.54) is 12.5 Å². The summed E-state index contributed by atoms with van der Waals surface area (Å²) in [5.41, 5.74) is 6.81. The highest BCUT2D eigenvalue weighted by atomic mass is 16.1. The lowest BCUT2D eigenvalue weighted by atomic mass is 9.99. The minimum absolute atomic E-state index is 0.0145. The molecule has 0 radical (unpaired) electrons. The molecule has 0 bridgehead atoms. The van der Waals surface area contributed by atoms with Gasteiger partial charge in [-0.3, -0.25) is 4.79 Å². The fourth-order valence-electron chi connectivity index (χ4n) is 1.33. The number of nitrogens with two attached hydrogens (primary N) is 1. The van der Waals surface area contributed by atoms with Crippen molar-refractivity contribution in [2.75, 3.05) is 13.1 Å². The molecule has 0 aliphatic rings. The van der Waals surface area contributed by atoms with Crippen LogP contribution in [0.3, 0.4) is 0 Å². The first-order valence-corrected chi connectivity index (χ1v) is 4.73. The van der Waals surface area contributed by atoms with Crippen LogP contribution in [0.4, 0.5) is 0 Å². The smallest absolute Gasteiger partial charge is 0.216 e. The lowest BCUT2D eigenvalue weighted by molar-refractivity contribution is -0.119. The zero-order valence-electron chi connectivity index (χ0n) is 8.36. The van der Waals surface area contributed by atoms with Crippen LogP contribution in [0.25, 0.3) is 0 Å². The van der Waals surface area contributed by atoms with Crippen molar-refractivity contribution in [3.8, 4) is 0 Å². The largest absolute Gasteiger partial charge is 0.356 e. The van der Waals surface area contributed by atoms with Gasteiger partial charge in [0.15, 0.2) is 0 Å². The first-order valence-electron chi connectivity index (χ1n) is 4.73. The molecule has 0 aliphatic heterocycles. The molecule has 0 unspecified atom stereocenters. The van der Waals surface area contributed by atoms with E-state index in [1.54, 1.807) is 0 Å². The van der Waals surface area contributed by atoms with Crippen LogP contribution in [0.15, 0.2) is 30.3 Å². The van der Waals surface area contributed by atoms with Gasteiger partial charge in [0.2, 0.25) is 5.91 Å². The normalized spacial score (nSPS) is 12.1. The molecule has 0 aliphatic carbocycles. The van der Waals surface area contributed by atoms with Crippen molar-refractivity contribution < 1.29 is 4.79 Å². The Labute approximate surface area is 84.3 Å². The van der Waals surface area contributed by atoms with Crippen molar-refractivity contribution in [1.82, 2.24) is 5.32 Å². The Morgan fingerprint density at radius 3 is 2.57 bits per heavy atom. The van der Waals surface area contributed by atoms with E-state index in [2.05, 4.69) is 5.32 Å². The molecule has 1 amide bonds. The lowest BCUT2D eigenvalue weighted by Crippen LogP contribution is -2.29. The van der Waals surface area contributed by atoms with Crippen molar-refractivity contribution in [2.45, 2.75) is 12.8 Å². The van der Waals surface area contributed by atoms with Gasteiger partial charge in [0.1, 0.15) is 0 Å². The highest BCUT2D eigenvalue weighted by Crippen LogP contribution is 2.12. The highest BCUT2D eigenvalue weighted by molar-refractivity contribution is 5.72. The number of benzene rings is 1. The first-order chi connectivity index (χ1) is 6.74. The van der Waals surface area contributed by atoms with Gasteiger partial charge >= 0.3 is 0 Å². The molecule has 1 aromatic rings. The van der Waals surface area contributed by atoms with Crippen molar-refractivity contribution in [1.29, 1.82) is 0 Å².